The van der Waals surface area contributed by atoms with Crippen LogP contribution in [-0.2, 0) is 9.53 Å². The van der Waals surface area contributed by atoms with Gasteiger partial charge in [-0.05, 0) is 18.8 Å². The van der Waals surface area contributed by atoms with E-state index in [4.69, 9.17) is 9.84 Å². The number of aliphatic carboxylic acids is 1. The van der Waals surface area contributed by atoms with Gasteiger partial charge in [0.1, 0.15) is 6.54 Å². The Morgan fingerprint density at radius 1 is 1.37 bits per heavy atom. The first-order valence-corrected chi connectivity index (χ1v) is 6.83. The predicted molar refractivity (Wildman–Crippen MR) is 71.1 cm³/mol. The lowest BCUT2D eigenvalue weighted by Crippen LogP contribution is -2.49. The number of carboxylic acid groups (broad SMARTS) is 1. The predicted octanol–water partition coefficient (Wildman–Crippen LogP) is 1.26. The van der Waals surface area contributed by atoms with Crippen LogP contribution in [-0.4, -0.2) is 66.8 Å². The molecule has 6 heteroatoms. The molecular formula is C13H24N2O4. The number of hydrogen-bond donors (Lipinski definition) is 1. The average Bonchev–Trinajstić information content (AvgIpc) is 2.42. The van der Waals surface area contributed by atoms with E-state index in [0.717, 1.165) is 32.4 Å². The third-order valence-corrected chi connectivity index (χ3v) is 3.62. The fourth-order valence-electron chi connectivity index (χ4n) is 2.34. The van der Waals surface area contributed by atoms with Gasteiger partial charge in [-0.3, -0.25) is 4.79 Å². The van der Waals surface area contributed by atoms with E-state index in [1.807, 2.05) is 0 Å². The molecule has 2 amide bonds. The lowest BCUT2D eigenvalue weighted by atomic mass is 9.95. The van der Waals surface area contributed by atoms with Crippen LogP contribution in [0.4, 0.5) is 4.79 Å². The molecule has 1 rings (SSSR count). The number of carbonyl (C=O) groups excluding carboxylic acids is 1. The Hall–Kier alpha value is -1.30. The van der Waals surface area contributed by atoms with Crippen molar-refractivity contribution in [3.05, 3.63) is 0 Å². The summed E-state index contributed by atoms with van der Waals surface area (Å²) in [7, 11) is 1.54. The molecule has 1 N–H and O–H groups in total. The van der Waals surface area contributed by atoms with Gasteiger partial charge in [-0.25, -0.2) is 4.79 Å². The van der Waals surface area contributed by atoms with Gasteiger partial charge < -0.3 is 19.6 Å². The number of urea groups is 1. The van der Waals surface area contributed by atoms with Gasteiger partial charge in [-0.1, -0.05) is 13.3 Å². The Labute approximate surface area is 114 Å². The lowest BCUT2D eigenvalue weighted by molar-refractivity contribution is -0.137. The molecule has 1 heterocycles. The number of nitrogens with zero attached hydrogens (tertiary/aromatic N) is 2. The zero-order valence-electron chi connectivity index (χ0n) is 11.8. The molecule has 19 heavy (non-hydrogen) atoms. The normalized spacial score (nSPS) is 16.4. The minimum atomic E-state index is -0.993. The lowest BCUT2D eigenvalue weighted by Gasteiger charge is -2.35. The van der Waals surface area contributed by atoms with Gasteiger partial charge in [0.25, 0.3) is 0 Å². The van der Waals surface area contributed by atoms with Gasteiger partial charge in [0.05, 0.1) is 6.61 Å². The number of amides is 2. The number of carbonyl (C=O) groups is 2. The molecule has 1 saturated heterocycles. The topological polar surface area (TPSA) is 70.1 Å². The molecule has 6 nitrogen and oxygen atoms in total. The summed E-state index contributed by atoms with van der Waals surface area (Å²) in [5.41, 5.74) is 0. The van der Waals surface area contributed by atoms with Crippen molar-refractivity contribution < 1.29 is 19.4 Å². The molecule has 0 atom stereocenters. The van der Waals surface area contributed by atoms with Crippen LogP contribution in [0, 0.1) is 5.92 Å². The van der Waals surface area contributed by atoms with Crippen molar-refractivity contribution in [2.75, 3.05) is 39.9 Å². The van der Waals surface area contributed by atoms with Crippen LogP contribution in [0.15, 0.2) is 0 Å². The molecule has 0 aromatic rings. The Morgan fingerprint density at radius 2 is 2.00 bits per heavy atom. The summed E-state index contributed by atoms with van der Waals surface area (Å²) in [5, 5.41) is 8.86. The van der Waals surface area contributed by atoms with Crippen molar-refractivity contribution in [1.29, 1.82) is 0 Å². The molecule has 0 bridgehead atoms. The van der Waals surface area contributed by atoms with Gasteiger partial charge >= 0.3 is 12.0 Å². The second-order valence-electron chi connectivity index (χ2n) is 4.93. The molecule has 0 spiro atoms. The van der Waals surface area contributed by atoms with Crippen LogP contribution in [0.3, 0.4) is 0 Å². The highest BCUT2D eigenvalue weighted by Gasteiger charge is 2.26. The monoisotopic (exact) mass is 272 g/mol. The number of methoxy groups -OCH3 is 1. The third kappa shape index (κ3) is 5.06. The summed E-state index contributed by atoms with van der Waals surface area (Å²) in [5.74, 6) is -0.302. The van der Waals surface area contributed by atoms with Gasteiger partial charge in [-0.15, -0.1) is 0 Å². The van der Waals surface area contributed by atoms with Crippen LogP contribution in [0.1, 0.15) is 26.2 Å². The van der Waals surface area contributed by atoms with Gasteiger partial charge in [0.2, 0.25) is 0 Å². The second kappa shape index (κ2) is 7.99. The highest BCUT2D eigenvalue weighted by molar-refractivity contribution is 5.80. The number of likely N-dealkylation sites (tertiary alicyclic amines) is 1. The summed E-state index contributed by atoms with van der Waals surface area (Å²) < 4.78 is 4.92. The molecule has 0 unspecified atom stereocenters. The number of ether oxygens (including phenoxy) is 1. The van der Waals surface area contributed by atoms with E-state index in [-0.39, 0.29) is 12.6 Å². The Balaban J connectivity index is 2.53. The summed E-state index contributed by atoms with van der Waals surface area (Å²) >= 11 is 0. The summed E-state index contributed by atoms with van der Waals surface area (Å²) in [4.78, 5) is 26.2. The van der Waals surface area contributed by atoms with Crippen molar-refractivity contribution in [3.8, 4) is 0 Å². The largest absolute Gasteiger partial charge is 0.480 e. The highest BCUT2D eigenvalue weighted by atomic mass is 16.5. The van der Waals surface area contributed by atoms with Crippen molar-refractivity contribution in [3.63, 3.8) is 0 Å². The molecule has 0 saturated carbocycles. The quantitative estimate of drug-likeness (QED) is 0.790. The Morgan fingerprint density at radius 3 is 2.47 bits per heavy atom. The molecule has 110 valence electrons. The highest BCUT2D eigenvalue weighted by Crippen LogP contribution is 2.20. The summed E-state index contributed by atoms with van der Waals surface area (Å²) in [6.45, 7) is 4.01. The van der Waals surface area contributed by atoms with Crippen molar-refractivity contribution in [2.24, 2.45) is 5.92 Å². The Bertz CT molecular complexity index is 301. The summed E-state index contributed by atoms with van der Waals surface area (Å²) in [6, 6.07) is -0.186. The van der Waals surface area contributed by atoms with Crippen LogP contribution in [0.25, 0.3) is 0 Å². The van der Waals surface area contributed by atoms with E-state index in [1.54, 1.807) is 4.90 Å². The maximum absolute atomic E-state index is 12.3. The standard InChI is InChI=1S/C13H24N2O4/c1-3-11-4-6-14(7-5-11)13(18)15(8-9-19-2)10-12(16)17/h11H,3-10H2,1-2H3,(H,16,17). The second-order valence-corrected chi connectivity index (χ2v) is 4.93. The number of piperidine rings is 1. The minimum absolute atomic E-state index is 0.186. The van der Waals surface area contributed by atoms with Crippen molar-refractivity contribution in [1.82, 2.24) is 9.80 Å². The molecular weight excluding hydrogens is 248 g/mol. The average molecular weight is 272 g/mol. The van der Waals surface area contributed by atoms with E-state index >= 15 is 0 Å². The fraction of sp³-hybridized carbons (Fsp3) is 0.846. The minimum Gasteiger partial charge on any atom is -0.480 e. The van der Waals surface area contributed by atoms with E-state index < -0.39 is 5.97 Å². The molecule has 0 radical (unpaired) electrons. The Kier molecular flexibility index (Phi) is 6.62. The SMILES string of the molecule is CCC1CCN(C(=O)N(CCOC)CC(=O)O)CC1. The van der Waals surface area contributed by atoms with E-state index in [1.165, 1.54) is 12.0 Å². The fourth-order valence-corrected chi connectivity index (χ4v) is 2.34. The van der Waals surface area contributed by atoms with Gasteiger partial charge in [0, 0.05) is 26.7 Å². The molecule has 0 aromatic heterocycles. The molecule has 1 aliphatic rings. The third-order valence-electron chi connectivity index (χ3n) is 3.62. The zero-order chi connectivity index (χ0) is 14.3. The molecule has 1 fully saturated rings. The maximum atomic E-state index is 12.3. The van der Waals surface area contributed by atoms with E-state index in [0.29, 0.717) is 19.1 Å². The first-order chi connectivity index (χ1) is 9.08. The first kappa shape index (κ1) is 15.8. The van der Waals surface area contributed by atoms with E-state index in [2.05, 4.69) is 6.92 Å². The smallest absolute Gasteiger partial charge is 0.323 e. The number of hydrogen-bond acceptors (Lipinski definition) is 3. The maximum Gasteiger partial charge on any atom is 0.323 e. The van der Waals surface area contributed by atoms with Crippen molar-refractivity contribution in [2.45, 2.75) is 26.2 Å². The number of rotatable bonds is 6. The van der Waals surface area contributed by atoms with Crippen LogP contribution in [0.2, 0.25) is 0 Å². The van der Waals surface area contributed by atoms with Gasteiger partial charge in [0.15, 0.2) is 0 Å². The van der Waals surface area contributed by atoms with E-state index in [9.17, 15) is 9.59 Å². The van der Waals surface area contributed by atoms with Gasteiger partial charge in [-0.2, -0.15) is 0 Å². The molecule has 0 aromatic carbocycles. The van der Waals surface area contributed by atoms with Crippen LogP contribution in [0.5, 0.6) is 0 Å². The van der Waals surface area contributed by atoms with Crippen LogP contribution >= 0.6 is 0 Å². The number of carboxylic acids is 1. The molecule has 1 aliphatic heterocycles. The zero-order valence-corrected chi connectivity index (χ0v) is 11.8. The van der Waals surface area contributed by atoms with Crippen molar-refractivity contribution >= 4 is 12.0 Å². The molecule has 0 aliphatic carbocycles. The van der Waals surface area contributed by atoms with Crippen LogP contribution < -0.4 is 0 Å². The first-order valence-electron chi connectivity index (χ1n) is 6.83. The summed E-state index contributed by atoms with van der Waals surface area (Å²) in [6.07, 6.45) is 3.16.